The molecule has 0 unspecified atom stereocenters. The number of amides is 1. The van der Waals surface area contributed by atoms with Gasteiger partial charge in [0.2, 0.25) is 5.91 Å². The van der Waals surface area contributed by atoms with Crippen molar-refractivity contribution in [1.29, 1.82) is 0 Å². The molecule has 0 spiro atoms. The summed E-state index contributed by atoms with van der Waals surface area (Å²) in [5, 5.41) is 6.94. The molecule has 0 bridgehead atoms. The zero-order valence-corrected chi connectivity index (χ0v) is 13.5. The second kappa shape index (κ2) is 6.09. The Morgan fingerprint density at radius 1 is 1.42 bits per heavy atom. The van der Waals surface area contributed by atoms with E-state index in [1.54, 1.807) is 6.20 Å². The number of ether oxygens (including phenoxy) is 1. The SMILES string of the molecule is Cc1nc2ccccn2c1CC(=O)N1CCOC[C@@H]1c1ccn[nH]1. The van der Waals surface area contributed by atoms with E-state index in [2.05, 4.69) is 15.2 Å². The normalized spacial score (nSPS) is 18.2. The highest BCUT2D eigenvalue weighted by Gasteiger charge is 2.30. The van der Waals surface area contributed by atoms with Crippen LogP contribution in [0.4, 0.5) is 0 Å². The first-order chi connectivity index (χ1) is 11.7. The molecule has 1 saturated heterocycles. The Morgan fingerprint density at radius 3 is 3.17 bits per heavy atom. The fraction of sp³-hybridized carbons (Fsp3) is 0.353. The van der Waals surface area contributed by atoms with E-state index < -0.39 is 0 Å². The summed E-state index contributed by atoms with van der Waals surface area (Å²) < 4.78 is 7.54. The lowest BCUT2D eigenvalue weighted by Gasteiger charge is -2.35. The van der Waals surface area contributed by atoms with Crippen molar-refractivity contribution in [2.24, 2.45) is 0 Å². The van der Waals surface area contributed by atoms with Crippen LogP contribution in [0, 0.1) is 6.92 Å². The molecule has 0 radical (unpaired) electrons. The Labute approximate surface area is 139 Å². The third-order valence-corrected chi connectivity index (χ3v) is 4.48. The van der Waals surface area contributed by atoms with Crippen LogP contribution >= 0.6 is 0 Å². The van der Waals surface area contributed by atoms with Crippen LogP contribution in [0.3, 0.4) is 0 Å². The van der Waals surface area contributed by atoms with Crippen molar-refractivity contribution < 1.29 is 9.53 Å². The van der Waals surface area contributed by atoms with Crippen molar-refractivity contribution >= 4 is 11.6 Å². The van der Waals surface area contributed by atoms with Gasteiger partial charge in [0.1, 0.15) is 5.65 Å². The standard InChI is InChI=1S/C17H19N5O2/c1-12-14(21-7-3-2-4-16(21)19-12)10-17(23)22-8-9-24-11-15(22)13-5-6-18-20-13/h2-7,15H,8-11H2,1H3,(H,18,20)/t15-/m1/s1. The average molecular weight is 325 g/mol. The number of rotatable bonds is 3. The maximum Gasteiger partial charge on any atom is 0.229 e. The number of H-pyrrole nitrogens is 1. The molecule has 7 heteroatoms. The van der Waals surface area contributed by atoms with Gasteiger partial charge in [-0.2, -0.15) is 5.10 Å². The molecular weight excluding hydrogens is 306 g/mol. The maximum absolute atomic E-state index is 13.0. The van der Waals surface area contributed by atoms with Gasteiger partial charge in [0.25, 0.3) is 0 Å². The summed E-state index contributed by atoms with van der Waals surface area (Å²) in [6.07, 6.45) is 3.96. The smallest absolute Gasteiger partial charge is 0.229 e. The Bertz CT molecular complexity index is 855. The molecule has 7 nitrogen and oxygen atoms in total. The number of carbonyl (C=O) groups is 1. The van der Waals surface area contributed by atoms with Crippen LogP contribution in [0.15, 0.2) is 36.7 Å². The number of aromatic nitrogens is 4. The van der Waals surface area contributed by atoms with Crippen molar-refractivity contribution in [3.05, 3.63) is 53.7 Å². The van der Waals surface area contributed by atoms with Gasteiger partial charge in [-0.1, -0.05) is 6.07 Å². The fourth-order valence-electron chi connectivity index (χ4n) is 3.23. The molecule has 24 heavy (non-hydrogen) atoms. The predicted molar refractivity (Wildman–Crippen MR) is 87.5 cm³/mol. The molecule has 0 aliphatic carbocycles. The summed E-state index contributed by atoms with van der Waals surface area (Å²) in [6.45, 7) is 3.57. The van der Waals surface area contributed by atoms with Crippen LogP contribution in [0.25, 0.3) is 5.65 Å². The number of carbonyl (C=O) groups excluding carboxylic acids is 1. The predicted octanol–water partition coefficient (Wildman–Crippen LogP) is 1.51. The Hall–Kier alpha value is -2.67. The molecule has 1 fully saturated rings. The number of pyridine rings is 1. The van der Waals surface area contributed by atoms with Crippen molar-refractivity contribution in [2.45, 2.75) is 19.4 Å². The average Bonchev–Trinajstić information content (AvgIpc) is 3.24. The lowest BCUT2D eigenvalue weighted by molar-refractivity contribution is -0.139. The zero-order chi connectivity index (χ0) is 16.5. The maximum atomic E-state index is 13.0. The molecule has 1 N–H and O–H groups in total. The highest BCUT2D eigenvalue weighted by atomic mass is 16.5. The van der Waals surface area contributed by atoms with Gasteiger partial charge >= 0.3 is 0 Å². The first kappa shape index (κ1) is 14.9. The number of imidazole rings is 1. The minimum absolute atomic E-state index is 0.0756. The molecule has 4 heterocycles. The summed E-state index contributed by atoms with van der Waals surface area (Å²) in [7, 11) is 0. The van der Waals surface area contributed by atoms with Crippen LogP contribution in [-0.4, -0.2) is 50.1 Å². The van der Waals surface area contributed by atoms with Gasteiger partial charge in [-0.05, 0) is 25.1 Å². The number of nitrogens with zero attached hydrogens (tertiary/aromatic N) is 4. The van der Waals surface area contributed by atoms with Gasteiger partial charge in [-0.15, -0.1) is 0 Å². The molecule has 1 atom stereocenters. The lowest BCUT2D eigenvalue weighted by Crippen LogP contribution is -2.44. The minimum atomic E-state index is -0.117. The zero-order valence-electron chi connectivity index (χ0n) is 13.5. The molecule has 124 valence electrons. The molecule has 1 aliphatic rings. The van der Waals surface area contributed by atoms with E-state index in [-0.39, 0.29) is 11.9 Å². The van der Waals surface area contributed by atoms with Crippen LogP contribution in [0.2, 0.25) is 0 Å². The highest BCUT2D eigenvalue weighted by molar-refractivity contribution is 5.79. The van der Waals surface area contributed by atoms with E-state index in [0.717, 1.165) is 22.7 Å². The molecule has 4 rings (SSSR count). The molecule has 1 aliphatic heterocycles. The molecule has 0 saturated carbocycles. The first-order valence-electron chi connectivity index (χ1n) is 8.03. The van der Waals surface area contributed by atoms with Gasteiger partial charge in [-0.25, -0.2) is 4.98 Å². The van der Waals surface area contributed by atoms with E-state index in [9.17, 15) is 4.79 Å². The van der Waals surface area contributed by atoms with Gasteiger partial charge in [-0.3, -0.25) is 9.89 Å². The highest BCUT2D eigenvalue weighted by Crippen LogP contribution is 2.24. The van der Waals surface area contributed by atoms with Gasteiger partial charge in [0.15, 0.2) is 0 Å². The van der Waals surface area contributed by atoms with Crippen LogP contribution in [0.5, 0.6) is 0 Å². The summed E-state index contributed by atoms with van der Waals surface area (Å²) in [5.74, 6) is 0.0756. The third kappa shape index (κ3) is 2.56. The largest absolute Gasteiger partial charge is 0.377 e. The fourth-order valence-corrected chi connectivity index (χ4v) is 3.23. The number of hydrogen-bond acceptors (Lipinski definition) is 4. The van der Waals surface area contributed by atoms with Gasteiger partial charge in [0.05, 0.1) is 42.8 Å². The monoisotopic (exact) mass is 325 g/mol. The van der Waals surface area contributed by atoms with E-state index >= 15 is 0 Å². The quantitative estimate of drug-likeness (QED) is 0.792. The van der Waals surface area contributed by atoms with E-state index in [1.807, 2.05) is 46.7 Å². The van der Waals surface area contributed by atoms with Crippen molar-refractivity contribution in [1.82, 2.24) is 24.5 Å². The molecule has 0 aromatic carbocycles. The van der Waals surface area contributed by atoms with E-state index in [1.165, 1.54) is 0 Å². The molecule has 3 aromatic heterocycles. The number of fused-ring (bicyclic) bond motifs is 1. The summed E-state index contributed by atoms with van der Waals surface area (Å²) in [4.78, 5) is 19.4. The Morgan fingerprint density at radius 2 is 2.33 bits per heavy atom. The van der Waals surface area contributed by atoms with Gasteiger partial charge in [0, 0.05) is 18.9 Å². The van der Waals surface area contributed by atoms with Crippen molar-refractivity contribution in [3.8, 4) is 0 Å². The second-order valence-corrected chi connectivity index (χ2v) is 5.94. The lowest BCUT2D eigenvalue weighted by atomic mass is 10.1. The number of aryl methyl sites for hydroxylation is 1. The van der Waals surface area contributed by atoms with E-state index in [4.69, 9.17) is 4.74 Å². The number of hydrogen-bond donors (Lipinski definition) is 1. The third-order valence-electron chi connectivity index (χ3n) is 4.48. The second-order valence-electron chi connectivity index (χ2n) is 5.94. The number of nitrogens with one attached hydrogen (secondary N) is 1. The summed E-state index contributed by atoms with van der Waals surface area (Å²) in [5.41, 5.74) is 3.59. The molecular formula is C17H19N5O2. The Kier molecular flexibility index (Phi) is 3.78. The van der Waals surface area contributed by atoms with Crippen molar-refractivity contribution in [2.75, 3.05) is 19.8 Å². The Balaban J connectivity index is 1.61. The number of morpholine rings is 1. The first-order valence-corrected chi connectivity index (χ1v) is 8.03. The van der Waals surface area contributed by atoms with Crippen LogP contribution in [-0.2, 0) is 16.0 Å². The summed E-state index contributed by atoms with van der Waals surface area (Å²) >= 11 is 0. The minimum Gasteiger partial charge on any atom is -0.377 e. The van der Waals surface area contributed by atoms with Crippen LogP contribution < -0.4 is 0 Å². The topological polar surface area (TPSA) is 75.5 Å². The van der Waals surface area contributed by atoms with Crippen molar-refractivity contribution in [3.63, 3.8) is 0 Å². The van der Waals surface area contributed by atoms with E-state index in [0.29, 0.717) is 26.2 Å². The van der Waals surface area contributed by atoms with Crippen LogP contribution in [0.1, 0.15) is 23.1 Å². The molecule has 3 aromatic rings. The summed E-state index contributed by atoms with van der Waals surface area (Å²) in [6, 6.07) is 7.61. The number of aromatic amines is 1. The molecule has 1 amide bonds. The van der Waals surface area contributed by atoms with Gasteiger partial charge < -0.3 is 14.0 Å².